The summed E-state index contributed by atoms with van der Waals surface area (Å²) in [6.45, 7) is 0.213. The van der Waals surface area contributed by atoms with E-state index in [0.717, 1.165) is 36.6 Å². The highest BCUT2D eigenvalue weighted by Gasteiger charge is 2.23. The molecular weight excluding hydrogens is 238 g/mol. The van der Waals surface area contributed by atoms with Crippen LogP contribution in [0.2, 0.25) is 0 Å². The van der Waals surface area contributed by atoms with Crippen molar-refractivity contribution in [1.29, 1.82) is 0 Å². The van der Waals surface area contributed by atoms with Gasteiger partial charge in [-0.05, 0) is 30.4 Å². The Morgan fingerprint density at radius 1 is 1.11 bits per heavy atom. The van der Waals surface area contributed by atoms with E-state index in [1.807, 2.05) is 30.3 Å². The highest BCUT2D eigenvalue weighted by atomic mass is 16.1. The largest absolute Gasteiger partial charge is 0.301 e. The third-order valence-corrected chi connectivity index (χ3v) is 4.02. The molecule has 3 heteroatoms. The summed E-state index contributed by atoms with van der Waals surface area (Å²) in [7, 11) is 0. The predicted octanol–water partition coefficient (Wildman–Crippen LogP) is 2.76. The second kappa shape index (κ2) is 5.00. The highest BCUT2D eigenvalue weighted by Crippen LogP contribution is 2.26. The lowest BCUT2D eigenvalue weighted by atomic mass is 10.0. The first-order chi connectivity index (χ1) is 9.25. The summed E-state index contributed by atoms with van der Waals surface area (Å²) in [5, 5.41) is 1.00. The van der Waals surface area contributed by atoms with E-state index in [1.54, 1.807) is 10.6 Å². The Bertz CT molecular complexity index is 666. The average Bonchev–Trinajstić information content (AvgIpc) is 2.96. The summed E-state index contributed by atoms with van der Waals surface area (Å²) < 4.78 is 1.61. The number of pyridine rings is 1. The first-order valence-corrected chi connectivity index (χ1v) is 6.87. The van der Waals surface area contributed by atoms with Crippen molar-refractivity contribution in [1.82, 2.24) is 4.57 Å². The lowest BCUT2D eigenvalue weighted by Crippen LogP contribution is -2.26. The highest BCUT2D eigenvalue weighted by molar-refractivity contribution is 5.84. The Kier molecular flexibility index (Phi) is 3.20. The zero-order chi connectivity index (χ0) is 13.2. The molecule has 1 aromatic carbocycles. The molecule has 0 N–H and O–H groups in total. The molecule has 98 valence electrons. The van der Waals surface area contributed by atoms with E-state index < -0.39 is 0 Å². The molecule has 0 unspecified atom stereocenters. The summed E-state index contributed by atoms with van der Waals surface area (Å²) in [5.74, 6) is 0.363. The molecule has 2 aromatic rings. The first-order valence-electron chi connectivity index (χ1n) is 6.87. The number of rotatable bonds is 3. The molecule has 0 spiro atoms. The van der Waals surface area contributed by atoms with Crippen molar-refractivity contribution in [3.63, 3.8) is 0 Å². The number of aromatic nitrogens is 1. The summed E-state index contributed by atoms with van der Waals surface area (Å²) >= 11 is 0. The number of benzene rings is 1. The Hall–Kier alpha value is -1.90. The van der Waals surface area contributed by atoms with Crippen molar-refractivity contribution < 1.29 is 4.79 Å². The topological polar surface area (TPSA) is 39.1 Å². The van der Waals surface area contributed by atoms with Gasteiger partial charge in [-0.2, -0.15) is 0 Å². The van der Waals surface area contributed by atoms with Crippen LogP contribution in [0.3, 0.4) is 0 Å². The molecule has 1 aliphatic carbocycles. The Balaban J connectivity index is 1.97. The Labute approximate surface area is 111 Å². The smallest absolute Gasteiger partial charge is 0.251 e. The minimum absolute atomic E-state index is 0.0925. The molecule has 1 saturated carbocycles. The number of Topliss-reactive ketones (excluding diaryl/α,β-unsaturated/α-hetero) is 1. The number of carbonyl (C=O) groups is 1. The van der Waals surface area contributed by atoms with Gasteiger partial charge in [0.2, 0.25) is 0 Å². The number of hydrogen-bond donors (Lipinski definition) is 0. The maximum Gasteiger partial charge on any atom is 0.251 e. The summed E-state index contributed by atoms with van der Waals surface area (Å²) in [5.41, 5.74) is 0.756. The number of para-hydroxylation sites is 1. The summed E-state index contributed by atoms with van der Waals surface area (Å²) in [6, 6.07) is 11.1. The van der Waals surface area contributed by atoms with Crippen molar-refractivity contribution >= 4 is 16.7 Å². The van der Waals surface area contributed by atoms with Gasteiger partial charge in [-0.25, -0.2) is 0 Å². The monoisotopic (exact) mass is 255 g/mol. The third kappa shape index (κ3) is 2.33. The minimum atomic E-state index is -0.0925. The van der Waals surface area contributed by atoms with E-state index in [9.17, 15) is 9.59 Å². The van der Waals surface area contributed by atoms with Crippen LogP contribution in [0.4, 0.5) is 0 Å². The molecule has 1 aliphatic rings. The number of fused-ring (bicyclic) bond motifs is 1. The Morgan fingerprint density at radius 2 is 1.84 bits per heavy atom. The molecule has 0 aliphatic heterocycles. The molecule has 1 heterocycles. The van der Waals surface area contributed by atoms with Crippen LogP contribution in [0.5, 0.6) is 0 Å². The number of nitrogens with zero attached hydrogens (tertiary/aromatic N) is 1. The van der Waals surface area contributed by atoms with E-state index in [-0.39, 0.29) is 23.8 Å². The van der Waals surface area contributed by atoms with Gasteiger partial charge in [-0.3, -0.25) is 9.59 Å². The fourth-order valence-electron chi connectivity index (χ4n) is 2.94. The van der Waals surface area contributed by atoms with Crippen molar-refractivity contribution in [2.45, 2.75) is 32.2 Å². The van der Waals surface area contributed by atoms with Gasteiger partial charge in [0.1, 0.15) is 0 Å². The standard InChI is InChI=1S/C16H17NO2/c18-15(13-6-1-2-7-13)11-17-14-8-4-3-5-12(14)9-10-16(17)19/h3-5,8-10,13H,1-2,6-7,11H2. The van der Waals surface area contributed by atoms with E-state index in [4.69, 9.17) is 0 Å². The van der Waals surface area contributed by atoms with Gasteiger partial charge in [0.05, 0.1) is 12.1 Å². The minimum Gasteiger partial charge on any atom is -0.301 e. The van der Waals surface area contributed by atoms with Crippen molar-refractivity contribution in [2.24, 2.45) is 5.92 Å². The molecule has 0 saturated heterocycles. The first kappa shape index (κ1) is 12.2. The van der Waals surface area contributed by atoms with Crippen LogP contribution in [0.1, 0.15) is 25.7 Å². The van der Waals surface area contributed by atoms with Gasteiger partial charge in [0.15, 0.2) is 5.78 Å². The van der Waals surface area contributed by atoms with Crippen molar-refractivity contribution in [2.75, 3.05) is 0 Å². The zero-order valence-electron chi connectivity index (χ0n) is 10.8. The van der Waals surface area contributed by atoms with Crippen LogP contribution in [0.15, 0.2) is 41.2 Å². The van der Waals surface area contributed by atoms with E-state index in [2.05, 4.69) is 0 Å². The van der Waals surface area contributed by atoms with Gasteiger partial charge < -0.3 is 4.57 Å². The van der Waals surface area contributed by atoms with E-state index in [0.29, 0.717) is 0 Å². The third-order valence-electron chi connectivity index (χ3n) is 4.02. The SMILES string of the molecule is O=C(Cn1c(=O)ccc2ccccc21)C1CCCC1. The number of ketones is 1. The summed E-state index contributed by atoms with van der Waals surface area (Å²) in [6.07, 6.45) is 4.25. The molecule has 3 rings (SSSR count). The Morgan fingerprint density at radius 3 is 2.63 bits per heavy atom. The van der Waals surface area contributed by atoms with Gasteiger partial charge in [-0.15, -0.1) is 0 Å². The normalized spacial score (nSPS) is 16.0. The fourth-order valence-corrected chi connectivity index (χ4v) is 2.94. The molecule has 0 bridgehead atoms. The molecular formula is C16H17NO2. The quantitative estimate of drug-likeness (QED) is 0.846. The predicted molar refractivity (Wildman–Crippen MR) is 75.2 cm³/mol. The van der Waals surface area contributed by atoms with Crippen molar-refractivity contribution in [3.8, 4) is 0 Å². The maximum atomic E-state index is 12.3. The molecule has 3 nitrogen and oxygen atoms in total. The van der Waals surface area contributed by atoms with Crippen molar-refractivity contribution in [3.05, 3.63) is 46.8 Å². The number of carbonyl (C=O) groups excluding carboxylic acids is 1. The van der Waals surface area contributed by atoms with Crippen LogP contribution in [0.25, 0.3) is 10.9 Å². The van der Waals surface area contributed by atoms with Gasteiger partial charge in [0.25, 0.3) is 5.56 Å². The average molecular weight is 255 g/mol. The molecule has 19 heavy (non-hydrogen) atoms. The number of hydrogen-bond acceptors (Lipinski definition) is 2. The maximum absolute atomic E-state index is 12.3. The second-order valence-corrected chi connectivity index (χ2v) is 5.26. The molecule has 0 amide bonds. The molecule has 1 aromatic heterocycles. The lowest BCUT2D eigenvalue weighted by molar-refractivity contribution is -0.123. The molecule has 1 fully saturated rings. The molecule has 0 atom stereocenters. The van der Waals surface area contributed by atoms with Crippen LogP contribution in [0, 0.1) is 5.92 Å². The summed E-state index contributed by atoms with van der Waals surface area (Å²) in [4.78, 5) is 24.2. The van der Waals surface area contributed by atoms with Crippen LogP contribution in [-0.4, -0.2) is 10.4 Å². The van der Waals surface area contributed by atoms with Crippen LogP contribution in [-0.2, 0) is 11.3 Å². The lowest BCUT2D eigenvalue weighted by Gasteiger charge is -2.12. The van der Waals surface area contributed by atoms with Gasteiger partial charge in [-0.1, -0.05) is 31.0 Å². The molecule has 0 radical (unpaired) electrons. The van der Waals surface area contributed by atoms with E-state index in [1.165, 1.54) is 0 Å². The zero-order valence-corrected chi connectivity index (χ0v) is 10.8. The van der Waals surface area contributed by atoms with Gasteiger partial charge >= 0.3 is 0 Å². The van der Waals surface area contributed by atoms with Crippen LogP contribution >= 0.6 is 0 Å². The van der Waals surface area contributed by atoms with Crippen LogP contribution < -0.4 is 5.56 Å². The van der Waals surface area contributed by atoms with E-state index >= 15 is 0 Å². The van der Waals surface area contributed by atoms with Gasteiger partial charge in [0, 0.05) is 12.0 Å². The second-order valence-electron chi connectivity index (χ2n) is 5.26. The fraction of sp³-hybridized carbons (Fsp3) is 0.375.